The number of nitrogens with one attached hydrogen (secondary N) is 3. The van der Waals surface area contributed by atoms with Crippen molar-refractivity contribution in [2.24, 2.45) is 5.92 Å². The number of rotatable bonds is 6. The van der Waals surface area contributed by atoms with Gasteiger partial charge in [-0.25, -0.2) is 0 Å². The van der Waals surface area contributed by atoms with E-state index in [0.717, 1.165) is 6.54 Å². The Labute approximate surface area is 126 Å². The smallest absolute Gasteiger partial charge is 0.250 e. The van der Waals surface area contributed by atoms with Crippen molar-refractivity contribution in [2.45, 2.75) is 44.6 Å². The highest BCUT2D eigenvalue weighted by Gasteiger charge is 2.21. The Kier molecular flexibility index (Phi) is 6.95. The van der Waals surface area contributed by atoms with Gasteiger partial charge in [0.1, 0.15) is 6.10 Å². The third-order valence-electron chi connectivity index (χ3n) is 4.17. The summed E-state index contributed by atoms with van der Waals surface area (Å²) in [5, 5.41) is 8.79. The van der Waals surface area contributed by atoms with Crippen LogP contribution in [0.5, 0.6) is 0 Å². The van der Waals surface area contributed by atoms with Crippen molar-refractivity contribution in [3.8, 4) is 0 Å². The van der Waals surface area contributed by atoms with E-state index in [4.69, 9.17) is 4.74 Å². The number of ether oxygens (including phenoxy) is 1. The van der Waals surface area contributed by atoms with Gasteiger partial charge in [-0.15, -0.1) is 0 Å². The second kappa shape index (κ2) is 9.00. The van der Waals surface area contributed by atoms with Crippen LogP contribution < -0.4 is 16.0 Å². The van der Waals surface area contributed by atoms with Crippen molar-refractivity contribution in [1.29, 1.82) is 0 Å². The topological polar surface area (TPSA) is 79.5 Å². The normalized spacial score (nSPS) is 23.5. The molecule has 0 radical (unpaired) electrons. The molecule has 2 aliphatic rings. The molecule has 3 N–H and O–H groups in total. The molecule has 1 heterocycles. The minimum absolute atomic E-state index is 0.103. The van der Waals surface area contributed by atoms with Crippen LogP contribution in [0.2, 0.25) is 0 Å². The predicted octanol–water partition coefficient (Wildman–Crippen LogP) is 0.178. The van der Waals surface area contributed by atoms with Gasteiger partial charge >= 0.3 is 0 Å². The van der Waals surface area contributed by atoms with Crippen LogP contribution in [0.15, 0.2) is 0 Å². The Morgan fingerprint density at radius 3 is 2.57 bits per heavy atom. The highest BCUT2D eigenvalue weighted by atomic mass is 16.5. The molecular weight excluding hydrogens is 270 g/mol. The molecule has 2 amide bonds. The first-order valence-corrected chi connectivity index (χ1v) is 8.12. The van der Waals surface area contributed by atoms with Crippen molar-refractivity contribution in [3.05, 3.63) is 0 Å². The van der Waals surface area contributed by atoms with Gasteiger partial charge in [0, 0.05) is 32.6 Å². The fraction of sp³-hybridized carbons (Fsp3) is 0.867. The van der Waals surface area contributed by atoms with Crippen LogP contribution in [0.3, 0.4) is 0 Å². The van der Waals surface area contributed by atoms with E-state index in [1.54, 1.807) is 0 Å². The van der Waals surface area contributed by atoms with Crippen molar-refractivity contribution < 1.29 is 14.3 Å². The zero-order valence-corrected chi connectivity index (χ0v) is 12.7. The quantitative estimate of drug-likeness (QED) is 0.611. The van der Waals surface area contributed by atoms with E-state index in [-0.39, 0.29) is 11.8 Å². The lowest BCUT2D eigenvalue weighted by atomic mass is 9.87. The van der Waals surface area contributed by atoms with E-state index < -0.39 is 6.10 Å². The molecule has 2 fully saturated rings. The van der Waals surface area contributed by atoms with E-state index in [0.29, 0.717) is 38.6 Å². The van der Waals surface area contributed by atoms with Gasteiger partial charge in [-0.1, -0.05) is 19.3 Å². The van der Waals surface area contributed by atoms with Gasteiger partial charge in [-0.05, 0) is 18.8 Å². The summed E-state index contributed by atoms with van der Waals surface area (Å²) in [5.41, 5.74) is 0. The number of hydrogen-bond acceptors (Lipinski definition) is 4. The van der Waals surface area contributed by atoms with E-state index in [1.807, 2.05) is 0 Å². The lowest BCUT2D eigenvalue weighted by molar-refractivity contribution is -0.134. The molecule has 1 aliphatic heterocycles. The molecule has 2 rings (SSSR count). The molecule has 0 bridgehead atoms. The molecule has 0 aromatic carbocycles. The SMILES string of the molecule is O=C(CC1CCCCC1)NCCNC(=O)C1CNCCO1. The fourth-order valence-electron chi connectivity index (χ4n) is 2.96. The zero-order chi connectivity index (χ0) is 14.9. The molecule has 6 heteroatoms. The molecule has 1 saturated carbocycles. The second-order valence-corrected chi connectivity index (χ2v) is 5.91. The molecule has 1 atom stereocenters. The summed E-state index contributed by atoms with van der Waals surface area (Å²) in [6.07, 6.45) is 6.39. The Morgan fingerprint density at radius 1 is 1.10 bits per heavy atom. The maximum atomic E-state index is 11.8. The average Bonchev–Trinajstić information content (AvgIpc) is 2.53. The first kappa shape index (κ1) is 16.2. The van der Waals surface area contributed by atoms with Crippen LogP contribution in [-0.4, -0.2) is 50.7 Å². The van der Waals surface area contributed by atoms with Crippen molar-refractivity contribution in [2.75, 3.05) is 32.8 Å². The molecule has 120 valence electrons. The van der Waals surface area contributed by atoms with Gasteiger partial charge in [0.15, 0.2) is 0 Å². The van der Waals surface area contributed by atoms with Crippen LogP contribution in [0.4, 0.5) is 0 Å². The monoisotopic (exact) mass is 297 g/mol. The fourth-order valence-corrected chi connectivity index (χ4v) is 2.96. The van der Waals surface area contributed by atoms with Crippen LogP contribution in [0, 0.1) is 5.92 Å². The summed E-state index contributed by atoms with van der Waals surface area (Å²) in [6.45, 7) is 2.85. The Bertz CT molecular complexity index is 337. The summed E-state index contributed by atoms with van der Waals surface area (Å²) in [6, 6.07) is 0. The van der Waals surface area contributed by atoms with Crippen LogP contribution in [-0.2, 0) is 14.3 Å². The maximum absolute atomic E-state index is 11.8. The highest BCUT2D eigenvalue weighted by Crippen LogP contribution is 2.25. The lowest BCUT2D eigenvalue weighted by Gasteiger charge is -2.23. The minimum atomic E-state index is -0.406. The Morgan fingerprint density at radius 2 is 1.86 bits per heavy atom. The van der Waals surface area contributed by atoms with Crippen molar-refractivity contribution in [3.63, 3.8) is 0 Å². The Balaban J connectivity index is 1.52. The van der Waals surface area contributed by atoms with Crippen LogP contribution >= 0.6 is 0 Å². The zero-order valence-electron chi connectivity index (χ0n) is 12.7. The third kappa shape index (κ3) is 6.01. The summed E-state index contributed by atoms with van der Waals surface area (Å²) >= 11 is 0. The summed E-state index contributed by atoms with van der Waals surface area (Å²) in [4.78, 5) is 23.6. The average molecular weight is 297 g/mol. The van der Waals surface area contributed by atoms with E-state index >= 15 is 0 Å². The molecular formula is C15H27N3O3. The molecule has 0 aromatic rings. The van der Waals surface area contributed by atoms with Crippen molar-refractivity contribution in [1.82, 2.24) is 16.0 Å². The number of amides is 2. The number of morpholine rings is 1. The first-order valence-electron chi connectivity index (χ1n) is 8.12. The molecule has 1 saturated heterocycles. The van der Waals surface area contributed by atoms with Gasteiger partial charge in [0.05, 0.1) is 6.61 Å². The van der Waals surface area contributed by atoms with Gasteiger partial charge in [-0.2, -0.15) is 0 Å². The predicted molar refractivity (Wildman–Crippen MR) is 79.8 cm³/mol. The molecule has 0 aromatic heterocycles. The number of carbonyl (C=O) groups is 2. The summed E-state index contributed by atoms with van der Waals surface area (Å²) in [5.74, 6) is 0.547. The number of hydrogen-bond donors (Lipinski definition) is 3. The second-order valence-electron chi connectivity index (χ2n) is 5.91. The van der Waals surface area contributed by atoms with Crippen LogP contribution in [0.1, 0.15) is 38.5 Å². The maximum Gasteiger partial charge on any atom is 0.250 e. The first-order chi connectivity index (χ1) is 10.3. The van der Waals surface area contributed by atoms with Gasteiger partial charge in [0.2, 0.25) is 5.91 Å². The lowest BCUT2D eigenvalue weighted by Crippen LogP contribution is -2.49. The molecule has 1 aliphatic carbocycles. The minimum Gasteiger partial charge on any atom is -0.366 e. The number of carbonyl (C=O) groups excluding carboxylic acids is 2. The van der Waals surface area contributed by atoms with E-state index in [9.17, 15) is 9.59 Å². The van der Waals surface area contributed by atoms with Crippen molar-refractivity contribution >= 4 is 11.8 Å². The molecule has 0 spiro atoms. The highest BCUT2D eigenvalue weighted by molar-refractivity contribution is 5.81. The van der Waals surface area contributed by atoms with E-state index in [2.05, 4.69) is 16.0 Å². The van der Waals surface area contributed by atoms with Gasteiger partial charge < -0.3 is 20.7 Å². The third-order valence-corrected chi connectivity index (χ3v) is 4.17. The summed E-state index contributed by atoms with van der Waals surface area (Å²) < 4.78 is 5.36. The largest absolute Gasteiger partial charge is 0.366 e. The van der Waals surface area contributed by atoms with Crippen LogP contribution in [0.25, 0.3) is 0 Å². The molecule has 1 unspecified atom stereocenters. The summed E-state index contributed by atoms with van der Waals surface area (Å²) in [7, 11) is 0. The van der Waals surface area contributed by atoms with Gasteiger partial charge in [-0.3, -0.25) is 9.59 Å². The Hall–Kier alpha value is -1.14. The van der Waals surface area contributed by atoms with Gasteiger partial charge in [0.25, 0.3) is 5.91 Å². The standard InChI is InChI=1S/C15H27N3O3/c19-14(10-12-4-2-1-3-5-12)17-6-7-18-15(20)13-11-16-8-9-21-13/h12-13,16H,1-11H2,(H,17,19)(H,18,20). The molecule has 6 nitrogen and oxygen atoms in total. The molecule has 21 heavy (non-hydrogen) atoms. The van der Waals surface area contributed by atoms with E-state index in [1.165, 1.54) is 32.1 Å².